The number of amides is 1. The summed E-state index contributed by atoms with van der Waals surface area (Å²) in [5.74, 6) is 0.0118. The maximum Gasteiger partial charge on any atom is 0.326 e. The van der Waals surface area contributed by atoms with Crippen LogP contribution in [0.3, 0.4) is 0 Å². The second kappa shape index (κ2) is 10.8. The number of hydrogen-bond acceptors (Lipinski definition) is 6. The van der Waals surface area contributed by atoms with E-state index in [0.717, 1.165) is 38.5 Å². The standard InChI is InChI=1S/C30H47N3O6/c1-16(4-7-26(37)33-23(28(38)39)12-18-14-31-15-32-18)20-5-6-21-27-22(13-25(36)30(20,21)3)29(2)9-8-19(34)10-17(29)11-24(27)35/h14-17,19-25,27,34-36H,4-13H2,1-3H3,(H,31,32)(H,33,37)(H,38,39). The fraction of sp³-hybridized carbons (Fsp3) is 0.833. The molecule has 0 aliphatic heterocycles. The van der Waals surface area contributed by atoms with Gasteiger partial charge >= 0.3 is 5.97 Å². The van der Waals surface area contributed by atoms with Gasteiger partial charge in [0.1, 0.15) is 6.04 Å². The lowest BCUT2D eigenvalue weighted by Gasteiger charge is -2.63. The van der Waals surface area contributed by atoms with Crippen molar-refractivity contribution >= 4 is 11.9 Å². The third-order valence-electron chi connectivity index (χ3n) is 12.0. The molecule has 9 nitrogen and oxygen atoms in total. The molecule has 1 aromatic rings. The Balaban J connectivity index is 1.24. The summed E-state index contributed by atoms with van der Waals surface area (Å²) in [6.45, 7) is 6.71. The monoisotopic (exact) mass is 545 g/mol. The minimum atomic E-state index is -1.08. The van der Waals surface area contributed by atoms with Crippen LogP contribution >= 0.6 is 0 Å². The van der Waals surface area contributed by atoms with E-state index in [0.29, 0.717) is 24.5 Å². The number of carboxylic acids is 1. The summed E-state index contributed by atoms with van der Waals surface area (Å²) in [5.41, 5.74) is 0.379. The molecule has 0 radical (unpaired) electrons. The average Bonchev–Trinajstić information content (AvgIpc) is 3.52. The molecule has 1 heterocycles. The quantitative estimate of drug-likeness (QED) is 0.293. The average molecular weight is 546 g/mol. The van der Waals surface area contributed by atoms with Crippen molar-refractivity contribution in [2.45, 2.75) is 109 Å². The number of aliphatic hydroxyl groups excluding tert-OH is 3. The van der Waals surface area contributed by atoms with E-state index in [1.807, 2.05) is 0 Å². The van der Waals surface area contributed by atoms with Gasteiger partial charge in [-0.2, -0.15) is 0 Å². The predicted octanol–water partition coefficient (Wildman–Crippen LogP) is 2.90. The number of carbonyl (C=O) groups excluding carboxylic acids is 1. The third-order valence-corrected chi connectivity index (χ3v) is 12.0. The fourth-order valence-corrected chi connectivity index (χ4v) is 9.77. The van der Waals surface area contributed by atoms with Gasteiger partial charge in [-0.1, -0.05) is 20.8 Å². The zero-order valence-corrected chi connectivity index (χ0v) is 23.6. The first kappa shape index (κ1) is 28.6. The Bertz CT molecular complexity index is 1030. The molecule has 4 saturated carbocycles. The van der Waals surface area contributed by atoms with E-state index in [1.54, 1.807) is 6.20 Å². The van der Waals surface area contributed by atoms with Gasteiger partial charge in [0.05, 0.1) is 24.6 Å². The van der Waals surface area contributed by atoms with Gasteiger partial charge in [-0.15, -0.1) is 0 Å². The van der Waals surface area contributed by atoms with E-state index in [1.165, 1.54) is 6.33 Å². The molecule has 39 heavy (non-hydrogen) atoms. The number of fused-ring (bicyclic) bond motifs is 5. The number of H-pyrrole nitrogens is 1. The first-order valence-electron chi connectivity index (χ1n) is 15.0. The first-order valence-corrected chi connectivity index (χ1v) is 15.0. The van der Waals surface area contributed by atoms with Crippen LogP contribution in [-0.2, 0) is 16.0 Å². The van der Waals surface area contributed by atoms with Crippen molar-refractivity contribution in [2.75, 3.05) is 0 Å². The highest BCUT2D eigenvalue weighted by atomic mass is 16.4. The Morgan fingerprint density at radius 2 is 1.90 bits per heavy atom. The largest absolute Gasteiger partial charge is 0.480 e. The number of carbonyl (C=O) groups is 2. The summed E-state index contributed by atoms with van der Waals surface area (Å²) in [7, 11) is 0. The topological polar surface area (TPSA) is 156 Å². The van der Waals surface area contributed by atoms with Crippen molar-refractivity contribution in [3.8, 4) is 0 Å². The summed E-state index contributed by atoms with van der Waals surface area (Å²) in [6, 6.07) is -1.02. The number of aliphatic carboxylic acids is 1. The van der Waals surface area contributed by atoms with Gasteiger partial charge in [0.25, 0.3) is 0 Å². The Labute approximate surface area is 231 Å². The lowest BCUT2D eigenvalue weighted by Crippen LogP contribution is -2.62. The van der Waals surface area contributed by atoms with E-state index in [9.17, 15) is 30.0 Å². The van der Waals surface area contributed by atoms with Crippen LogP contribution in [0.1, 0.15) is 84.3 Å². The summed E-state index contributed by atoms with van der Waals surface area (Å²) < 4.78 is 0. The van der Waals surface area contributed by atoms with E-state index in [4.69, 9.17) is 0 Å². The molecule has 0 saturated heterocycles. The normalized spacial score (nSPS) is 43.0. The second-order valence-corrected chi connectivity index (χ2v) is 13.8. The lowest BCUT2D eigenvalue weighted by atomic mass is 9.43. The van der Waals surface area contributed by atoms with Crippen molar-refractivity contribution in [1.82, 2.24) is 15.3 Å². The van der Waals surface area contributed by atoms with Crippen molar-refractivity contribution in [2.24, 2.45) is 46.3 Å². The zero-order chi connectivity index (χ0) is 28.1. The van der Waals surface area contributed by atoms with Crippen LogP contribution in [0.5, 0.6) is 0 Å². The molecule has 1 aromatic heterocycles. The Morgan fingerprint density at radius 3 is 2.59 bits per heavy atom. The maximum absolute atomic E-state index is 12.8. The van der Waals surface area contributed by atoms with Gasteiger partial charge in [0.15, 0.2) is 0 Å². The highest BCUT2D eigenvalue weighted by Gasteiger charge is 2.65. The van der Waals surface area contributed by atoms with Crippen molar-refractivity contribution < 1.29 is 30.0 Å². The SMILES string of the molecule is CC(CCC(=O)NC(Cc1cnc[nH]1)C(=O)O)C1CCC2C3C(O)CC4CC(O)CCC4(C)C3CC(O)C12C. The van der Waals surface area contributed by atoms with Gasteiger partial charge < -0.3 is 30.7 Å². The number of aromatic amines is 1. The summed E-state index contributed by atoms with van der Waals surface area (Å²) in [6.07, 6.45) is 8.77. The van der Waals surface area contributed by atoms with Crippen molar-refractivity contribution in [1.29, 1.82) is 0 Å². The minimum absolute atomic E-state index is 0.0457. The lowest BCUT2D eigenvalue weighted by molar-refractivity contribution is -0.207. The van der Waals surface area contributed by atoms with Gasteiger partial charge in [0, 0.05) is 24.7 Å². The van der Waals surface area contributed by atoms with Crippen LogP contribution in [0, 0.1) is 46.3 Å². The number of rotatable bonds is 8. The van der Waals surface area contributed by atoms with E-state index in [2.05, 4.69) is 36.1 Å². The predicted molar refractivity (Wildman–Crippen MR) is 144 cm³/mol. The smallest absolute Gasteiger partial charge is 0.326 e. The summed E-state index contributed by atoms with van der Waals surface area (Å²) >= 11 is 0. The first-order chi connectivity index (χ1) is 18.4. The van der Waals surface area contributed by atoms with E-state index >= 15 is 0 Å². The summed E-state index contributed by atoms with van der Waals surface area (Å²) in [4.78, 5) is 31.3. The number of hydrogen-bond donors (Lipinski definition) is 6. The molecule has 1 amide bonds. The Kier molecular flexibility index (Phi) is 7.90. The number of aliphatic hydroxyl groups is 3. The molecule has 0 bridgehead atoms. The van der Waals surface area contributed by atoms with E-state index < -0.39 is 24.2 Å². The molecule has 0 spiro atoms. The van der Waals surface area contributed by atoms with Crippen LogP contribution in [0.15, 0.2) is 12.5 Å². The number of nitrogens with one attached hydrogen (secondary N) is 2. The molecule has 218 valence electrons. The Morgan fingerprint density at radius 1 is 1.13 bits per heavy atom. The zero-order valence-electron chi connectivity index (χ0n) is 23.6. The van der Waals surface area contributed by atoms with Gasteiger partial charge in [-0.3, -0.25) is 4.79 Å². The van der Waals surface area contributed by atoms with Crippen molar-refractivity contribution in [3.63, 3.8) is 0 Å². The van der Waals surface area contributed by atoms with Crippen molar-refractivity contribution in [3.05, 3.63) is 18.2 Å². The number of imidazole rings is 1. The minimum Gasteiger partial charge on any atom is -0.480 e. The van der Waals surface area contributed by atoms with Crippen LogP contribution in [-0.4, -0.2) is 66.6 Å². The van der Waals surface area contributed by atoms with Gasteiger partial charge in [-0.25, -0.2) is 9.78 Å². The van der Waals surface area contributed by atoms with Gasteiger partial charge in [0.2, 0.25) is 5.91 Å². The van der Waals surface area contributed by atoms with Crippen LogP contribution in [0.25, 0.3) is 0 Å². The number of nitrogens with zero attached hydrogens (tertiary/aromatic N) is 1. The molecule has 6 N–H and O–H groups in total. The molecule has 12 atom stereocenters. The second-order valence-electron chi connectivity index (χ2n) is 13.8. The molecule has 4 aliphatic rings. The van der Waals surface area contributed by atoms with Gasteiger partial charge in [-0.05, 0) is 97.7 Å². The number of carboxylic acid groups (broad SMARTS) is 1. The Hall–Kier alpha value is -1.97. The molecular formula is C30H47N3O6. The molecule has 4 aliphatic carbocycles. The third kappa shape index (κ3) is 5.04. The maximum atomic E-state index is 12.8. The molecule has 5 rings (SSSR count). The van der Waals surface area contributed by atoms with Crippen LogP contribution < -0.4 is 5.32 Å². The summed E-state index contributed by atoms with van der Waals surface area (Å²) in [5, 5.41) is 45.7. The molecule has 9 heteroatoms. The van der Waals surface area contributed by atoms with Crippen LogP contribution in [0.4, 0.5) is 0 Å². The molecular weight excluding hydrogens is 498 g/mol. The number of aromatic nitrogens is 2. The highest BCUT2D eigenvalue weighted by Crippen LogP contribution is 2.68. The fourth-order valence-electron chi connectivity index (χ4n) is 9.77. The molecule has 12 unspecified atom stereocenters. The van der Waals surface area contributed by atoms with E-state index in [-0.39, 0.29) is 65.3 Å². The highest BCUT2D eigenvalue weighted by molar-refractivity contribution is 5.83. The molecule has 0 aromatic carbocycles. The van der Waals surface area contributed by atoms with Crippen LogP contribution in [0.2, 0.25) is 0 Å². The molecule has 4 fully saturated rings.